The number of aryl methyl sites for hydroxylation is 1. The second-order valence-corrected chi connectivity index (χ2v) is 7.22. The van der Waals surface area contributed by atoms with Crippen molar-refractivity contribution in [3.63, 3.8) is 0 Å². The molecule has 1 aliphatic rings. The van der Waals surface area contributed by atoms with E-state index in [0.717, 1.165) is 37.3 Å². The lowest BCUT2D eigenvalue weighted by Gasteiger charge is -2.38. The van der Waals surface area contributed by atoms with E-state index in [1.807, 2.05) is 31.2 Å². The molecule has 1 aromatic heterocycles. The molecule has 1 atom stereocenters. The van der Waals surface area contributed by atoms with Gasteiger partial charge in [0.1, 0.15) is 0 Å². The zero-order chi connectivity index (χ0) is 16.9. The Balaban J connectivity index is 1.68. The van der Waals surface area contributed by atoms with Gasteiger partial charge in [-0.25, -0.2) is 0 Å². The van der Waals surface area contributed by atoms with Crippen LogP contribution in [0.5, 0.6) is 0 Å². The van der Waals surface area contributed by atoms with Gasteiger partial charge in [-0.05, 0) is 48.0 Å². The lowest BCUT2D eigenvalue weighted by molar-refractivity contribution is 0.0886. The Morgan fingerprint density at radius 1 is 1.21 bits per heavy atom. The molecule has 1 amide bonds. The largest absolute Gasteiger partial charge is 0.350 e. The summed E-state index contributed by atoms with van der Waals surface area (Å²) in [6, 6.07) is 10.2. The van der Waals surface area contributed by atoms with Crippen LogP contribution in [0.3, 0.4) is 0 Å². The fourth-order valence-electron chi connectivity index (χ4n) is 3.17. The van der Waals surface area contributed by atoms with E-state index in [-0.39, 0.29) is 11.9 Å². The van der Waals surface area contributed by atoms with Crippen LogP contribution in [-0.2, 0) is 0 Å². The van der Waals surface area contributed by atoms with Crippen molar-refractivity contribution in [1.82, 2.24) is 15.1 Å². The van der Waals surface area contributed by atoms with Crippen molar-refractivity contribution in [2.45, 2.75) is 13.0 Å². The number of carbonyl (C=O) groups is 1. The summed E-state index contributed by atoms with van der Waals surface area (Å²) in [5, 5.41) is 7.46. The minimum atomic E-state index is 0.0162. The molecule has 1 N–H and O–H groups in total. The summed E-state index contributed by atoms with van der Waals surface area (Å²) in [4.78, 5) is 17.4. The molecule has 0 radical (unpaired) electrons. The highest BCUT2D eigenvalue weighted by atomic mass is 32.1. The van der Waals surface area contributed by atoms with Gasteiger partial charge in [-0.1, -0.05) is 18.2 Å². The summed E-state index contributed by atoms with van der Waals surface area (Å²) < 4.78 is 0. The normalized spacial score (nSPS) is 17.6. The highest BCUT2D eigenvalue weighted by Gasteiger charge is 2.25. The first-order chi connectivity index (χ1) is 11.6. The predicted molar refractivity (Wildman–Crippen MR) is 99.6 cm³/mol. The van der Waals surface area contributed by atoms with Gasteiger partial charge in [-0.3, -0.25) is 9.69 Å². The van der Waals surface area contributed by atoms with Crippen LogP contribution in [0.15, 0.2) is 41.1 Å². The van der Waals surface area contributed by atoms with E-state index in [9.17, 15) is 4.79 Å². The zero-order valence-electron chi connectivity index (χ0n) is 14.4. The van der Waals surface area contributed by atoms with E-state index < -0.39 is 0 Å². The fraction of sp³-hybridized carbons (Fsp3) is 0.421. The average molecular weight is 343 g/mol. The van der Waals surface area contributed by atoms with Gasteiger partial charge in [0.25, 0.3) is 5.91 Å². The number of thiophene rings is 1. The van der Waals surface area contributed by atoms with Gasteiger partial charge < -0.3 is 10.2 Å². The first kappa shape index (κ1) is 17.1. The van der Waals surface area contributed by atoms with Gasteiger partial charge in [-0.15, -0.1) is 0 Å². The van der Waals surface area contributed by atoms with Crippen LogP contribution in [0.4, 0.5) is 0 Å². The van der Waals surface area contributed by atoms with Crippen molar-refractivity contribution in [2.24, 2.45) is 0 Å². The minimum absolute atomic E-state index is 0.0162. The number of nitrogens with zero attached hydrogens (tertiary/aromatic N) is 2. The highest BCUT2D eigenvalue weighted by molar-refractivity contribution is 7.07. The van der Waals surface area contributed by atoms with Crippen LogP contribution >= 0.6 is 11.3 Å². The van der Waals surface area contributed by atoms with Crippen LogP contribution in [-0.4, -0.2) is 55.5 Å². The lowest BCUT2D eigenvalue weighted by Crippen LogP contribution is -2.48. The van der Waals surface area contributed by atoms with Crippen LogP contribution in [0.2, 0.25) is 0 Å². The molecule has 1 aromatic carbocycles. The van der Waals surface area contributed by atoms with Crippen molar-refractivity contribution < 1.29 is 4.79 Å². The molecule has 0 saturated carbocycles. The molecule has 1 aliphatic heterocycles. The molecule has 0 bridgehead atoms. The fourth-order valence-corrected chi connectivity index (χ4v) is 3.88. The first-order valence-corrected chi connectivity index (χ1v) is 9.38. The molecular weight excluding hydrogens is 318 g/mol. The van der Waals surface area contributed by atoms with Gasteiger partial charge >= 0.3 is 0 Å². The Kier molecular flexibility index (Phi) is 5.66. The molecule has 1 unspecified atom stereocenters. The van der Waals surface area contributed by atoms with Gasteiger partial charge in [-0.2, -0.15) is 11.3 Å². The third-order valence-corrected chi connectivity index (χ3v) is 5.45. The molecule has 24 heavy (non-hydrogen) atoms. The van der Waals surface area contributed by atoms with E-state index in [4.69, 9.17) is 0 Å². The number of rotatable bonds is 5. The molecule has 4 nitrogen and oxygen atoms in total. The molecule has 5 heteroatoms. The maximum atomic E-state index is 12.5. The summed E-state index contributed by atoms with van der Waals surface area (Å²) in [6.45, 7) is 6.85. The van der Waals surface area contributed by atoms with E-state index >= 15 is 0 Å². The summed E-state index contributed by atoms with van der Waals surface area (Å²) in [7, 11) is 2.16. The Morgan fingerprint density at radius 3 is 2.62 bits per heavy atom. The summed E-state index contributed by atoms with van der Waals surface area (Å²) in [5.74, 6) is 0.0162. The number of nitrogens with one attached hydrogen (secondary N) is 1. The van der Waals surface area contributed by atoms with Gasteiger partial charge in [0.05, 0.1) is 6.04 Å². The molecular formula is C19H25N3OS. The molecule has 2 aromatic rings. The van der Waals surface area contributed by atoms with Crippen molar-refractivity contribution in [2.75, 3.05) is 39.8 Å². The summed E-state index contributed by atoms with van der Waals surface area (Å²) in [6.07, 6.45) is 0. The number of likely N-dealkylation sites (N-methyl/N-ethyl adjacent to an activating group) is 1. The van der Waals surface area contributed by atoms with Gasteiger partial charge in [0, 0.05) is 38.3 Å². The van der Waals surface area contributed by atoms with Crippen LogP contribution < -0.4 is 5.32 Å². The second kappa shape index (κ2) is 7.92. The van der Waals surface area contributed by atoms with Crippen molar-refractivity contribution in [3.05, 3.63) is 57.8 Å². The Hall–Kier alpha value is -1.69. The monoisotopic (exact) mass is 343 g/mol. The number of amides is 1. The average Bonchev–Trinajstić information content (AvgIpc) is 3.11. The number of benzene rings is 1. The van der Waals surface area contributed by atoms with Crippen LogP contribution in [0, 0.1) is 6.92 Å². The topological polar surface area (TPSA) is 35.6 Å². The molecule has 128 valence electrons. The smallest absolute Gasteiger partial charge is 0.251 e. The molecule has 1 fully saturated rings. The Bertz CT molecular complexity index is 663. The number of hydrogen-bond acceptors (Lipinski definition) is 4. The number of piperazine rings is 1. The quantitative estimate of drug-likeness (QED) is 0.907. The first-order valence-electron chi connectivity index (χ1n) is 8.43. The van der Waals surface area contributed by atoms with E-state index in [1.54, 1.807) is 11.3 Å². The number of hydrogen-bond donors (Lipinski definition) is 1. The molecule has 0 aliphatic carbocycles. The summed E-state index contributed by atoms with van der Waals surface area (Å²) in [5.41, 5.74) is 3.08. The molecule has 1 saturated heterocycles. The molecule has 3 rings (SSSR count). The highest BCUT2D eigenvalue weighted by Crippen LogP contribution is 2.24. The minimum Gasteiger partial charge on any atom is -0.350 e. The summed E-state index contributed by atoms with van der Waals surface area (Å²) >= 11 is 1.72. The van der Waals surface area contributed by atoms with Gasteiger partial charge in [0.15, 0.2) is 0 Å². The Labute approximate surface area is 148 Å². The van der Waals surface area contributed by atoms with E-state index in [0.29, 0.717) is 6.54 Å². The second-order valence-electron chi connectivity index (χ2n) is 6.44. The van der Waals surface area contributed by atoms with E-state index in [1.165, 1.54) is 5.56 Å². The lowest BCUT2D eigenvalue weighted by atomic mass is 10.1. The number of carbonyl (C=O) groups excluding carboxylic acids is 1. The predicted octanol–water partition coefficient (Wildman–Crippen LogP) is 2.78. The van der Waals surface area contributed by atoms with Crippen molar-refractivity contribution in [1.29, 1.82) is 0 Å². The van der Waals surface area contributed by atoms with Crippen molar-refractivity contribution >= 4 is 17.2 Å². The zero-order valence-corrected chi connectivity index (χ0v) is 15.2. The van der Waals surface area contributed by atoms with E-state index in [2.05, 4.69) is 39.0 Å². The molecule has 0 spiro atoms. The maximum absolute atomic E-state index is 12.5. The van der Waals surface area contributed by atoms with Gasteiger partial charge in [0.2, 0.25) is 0 Å². The maximum Gasteiger partial charge on any atom is 0.251 e. The van der Waals surface area contributed by atoms with Crippen molar-refractivity contribution in [3.8, 4) is 0 Å². The van der Waals surface area contributed by atoms with Crippen LogP contribution in [0.25, 0.3) is 0 Å². The van der Waals surface area contributed by atoms with Crippen LogP contribution in [0.1, 0.15) is 27.5 Å². The standard InChI is InChI=1S/C19H25N3OS/c1-15-5-3-4-6-17(15)19(23)20-13-18(16-7-12-24-14-16)22-10-8-21(2)9-11-22/h3-7,12,14,18H,8-11,13H2,1-2H3,(H,20,23). The SMILES string of the molecule is Cc1ccccc1C(=O)NCC(c1ccsc1)N1CCN(C)CC1. The molecule has 2 heterocycles. The third kappa shape index (κ3) is 4.04. The third-order valence-electron chi connectivity index (χ3n) is 4.75. The Morgan fingerprint density at radius 2 is 1.96 bits per heavy atom.